The summed E-state index contributed by atoms with van der Waals surface area (Å²) in [6, 6.07) is 1.29. The second-order valence-corrected chi connectivity index (χ2v) is 3.35. The van der Waals surface area contributed by atoms with Gasteiger partial charge in [0, 0.05) is 45.0 Å². The molecule has 1 aromatic heterocycles. The van der Waals surface area contributed by atoms with Crippen molar-refractivity contribution >= 4 is 0 Å². The van der Waals surface area contributed by atoms with Gasteiger partial charge in [-0.1, -0.05) is 0 Å². The van der Waals surface area contributed by atoms with E-state index in [-0.39, 0.29) is 45.0 Å². The normalized spacial score (nSPS) is 24.1. The summed E-state index contributed by atoms with van der Waals surface area (Å²) in [4.78, 5) is 24.4. The van der Waals surface area contributed by atoms with E-state index in [0.717, 1.165) is 0 Å². The van der Waals surface area contributed by atoms with Gasteiger partial charge in [-0.3, -0.25) is 20.8 Å². The van der Waals surface area contributed by atoms with Gasteiger partial charge >= 0.3 is 5.69 Å². The van der Waals surface area contributed by atoms with Gasteiger partial charge < -0.3 is 10.5 Å². The van der Waals surface area contributed by atoms with Crippen molar-refractivity contribution in [1.29, 1.82) is 0 Å². The Labute approximate surface area is 117 Å². The van der Waals surface area contributed by atoms with Crippen LogP contribution in [-0.4, -0.2) is 22.2 Å². The first-order valence-corrected chi connectivity index (χ1v) is 4.71. The fourth-order valence-electron chi connectivity index (χ4n) is 1.57. The molecule has 1 aliphatic heterocycles. The van der Waals surface area contributed by atoms with Crippen molar-refractivity contribution in [3.8, 4) is 0 Å². The van der Waals surface area contributed by atoms with Crippen LogP contribution in [-0.2, 0) is 37.4 Å². The zero-order valence-electron chi connectivity index (χ0n) is 8.63. The number of H-pyrrole nitrogens is 1. The third kappa shape index (κ3) is 2.88. The molecule has 1 aromatic rings. The zero-order chi connectivity index (χ0) is 10.8. The Morgan fingerprint density at radius 2 is 2.38 bits per heavy atom. The maximum absolute atomic E-state index is 11.4. The first kappa shape index (κ1) is 13.8. The van der Waals surface area contributed by atoms with Crippen molar-refractivity contribution in [2.45, 2.75) is 18.8 Å². The molecule has 7 heteroatoms. The summed E-state index contributed by atoms with van der Waals surface area (Å²) in [5.74, 6) is 0. The molecule has 6 nitrogen and oxygen atoms in total. The Hall–Kier alpha value is -0.296. The van der Waals surface area contributed by atoms with Crippen molar-refractivity contribution in [1.82, 2.24) is 9.55 Å². The molecule has 1 fully saturated rings. The van der Waals surface area contributed by atoms with Crippen molar-refractivity contribution in [2.75, 3.05) is 6.54 Å². The van der Waals surface area contributed by atoms with Crippen LogP contribution in [0.5, 0.6) is 0 Å². The minimum Gasteiger partial charge on any atom is -0.388 e. The number of rotatable bonds is 2. The van der Waals surface area contributed by atoms with E-state index < -0.39 is 11.2 Å². The number of hydrogen-bond donors (Lipinski definition) is 2. The molecule has 0 amide bonds. The molecular weight excluding hydrogens is 287 g/mol. The fourth-order valence-corrected chi connectivity index (χ4v) is 1.57. The Kier molecular flexibility index (Phi) is 5.04. The van der Waals surface area contributed by atoms with Crippen molar-refractivity contribution in [3.05, 3.63) is 39.5 Å². The predicted molar refractivity (Wildman–Crippen MR) is 53.2 cm³/mol. The van der Waals surface area contributed by atoms with Crippen molar-refractivity contribution in [2.24, 2.45) is 5.73 Å². The molecule has 16 heavy (non-hydrogen) atoms. The smallest absolute Gasteiger partial charge is 0.330 e. The molecule has 1 radical (unpaired) electrons. The molecule has 0 spiro atoms. The Morgan fingerprint density at radius 1 is 1.62 bits per heavy atom. The Bertz CT molecular complexity index is 456. The van der Waals surface area contributed by atoms with Gasteiger partial charge in [0.15, 0.2) is 0 Å². The van der Waals surface area contributed by atoms with Crippen LogP contribution in [0.4, 0.5) is 0 Å². The van der Waals surface area contributed by atoms with Gasteiger partial charge in [-0.15, -0.1) is 6.42 Å². The van der Waals surface area contributed by atoms with E-state index in [0.29, 0.717) is 13.0 Å². The van der Waals surface area contributed by atoms with Crippen LogP contribution in [0.3, 0.4) is 0 Å². The summed E-state index contributed by atoms with van der Waals surface area (Å²) in [6.07, 6.45) is 3.49. The fraction of sp³-hybridized carbons (Fsp3) is 0.444. The van der Waals surface area contributed by atoms with Crippen LogP contribution in [0, 0.1) is 6.42 Å². The molecule has 3 N–H and O–H groups in total. The van der Waals surface area contributed by atoms with E-state index in [1.807, 2.05) is 6.42 Å². The van der Waals surface area contributed by atoms with Crippen molar-refractivity contribution in [3.63, 3.8) is 0 Å². The van der Waals surface area contributed by atoms with Crippen molar-refractivity contribution < 1.29 is 37.4 Å². The molecule has 0 bridgehead atoms. The molecule has 85 valence electrons. The molecule has 2 unspecified atom stereocenters. The maximum Gasteiger partial charge on any atom is 0.330 e. The van der Waals surface area contributed by atoms with Crippen LogP contribution in [0.15, 0.2) is 21.9 Å². The number of nitrogens with one attached hydrogen (secondary N) is 1. The molecule has 0 saturated carbocycles. The van der Waals surface area contributed by atoms with Crippen LogP contribution in [0.2, 0.25) is 0 Å². The maximum atomic E-state index is 11.4. The third-order valence-corrected chi connectivity index (χ3v) is 2.33. The Morgan fingerprint density at radius 3 is 2.94 bits per heavy atom. The minimum atomic E-state index is -0.460. The summed E-state index contributed by atoms with van der Waals surface area (Å²) in [5.41, 5.74) is 4.57. The van der Waals surface area contributed by atoms with E-state index >= 15 is 0 Å². The molecule has 0 aromatic carbocycles. The van der Waals surface area contributed by atoms with Gasteiger partial charge in [0.25, 0.3) is 5.56 Å². The number of nitrogens with zero attached hydrogens (tertiary/aromatic N) is 1. The van der Waals surface area contributed by atoms with Crippen LogP contribution >= 0.6 is 0 Å². The molecule has 1 aliphatic rings. The summed E-state index contributed by atoms with van der Waals surface area (Å²) < 4.78 is 6.83. The number of aromatic amines is 1. The first-order valence-electron chi connectivity index (χ1n) is 4.71. The average Bonchev–Trinajstić information content (AvgIpc) is 2.66. The average molecular weight is 299 g/mol. The van der Waals surface area contributed by atoms with Gasteiger partial charge in [-0.05, 0) is 12.6 Å². The monoisotopic (exact) mass is 299 g/mol. The number of nitrogens with two attached hydrogens (primary N) is 1. The summed E-state index contributed by atoms with van der Waals surface area (Å²) >= 11 is 0. The zero-order valence-corrected chi connectivity index (χ0v) is 11.5. The SMILES string of the molecule is NCC1[CH-]CC(n2ccc(=O)[nH]c2=O)O1.[Y]. The van der Waals surface area contributed by atoms with E-state index in [9.17, 15) is 9.59 Å². The quantitative estimate of drug-likeness (QED) is 0.684. The second kappa shape index (κ2) is 5.86. The van der Waals surface area contributed by atoms with Crippen LogP contribution < -0.4 is 17.0 Å². The molecular formula is C9H12N3O3Y-. The van der Waals surface area contributed by atoms with Gasteiger partial charge in [0.05, 0.1) is 0 Å². The molecule has 2 heterocycles. The number of ether oxygens (including phenoxy) is 1. The summed E-state index contributed by atoms with van der Waals surface area (Å²) in [7, 11) is 0. The van der Waals surface area contributed by atoms with Crippen LogP contribution in [0.25, 0.3) is 0 Å². The Balaban J connectivity index is 0.00000128. The van der Waals surface area contributed by atoms with Gasteiger partial charge in [0.1, 0.15) is 6.23 Å². The first-order chi connectivity index (χ1) is 7.20. The minimum absolute atomic E-state index is 0. The topological polar surface area (TPSA) is 90.1 Å². The van der Waals surface area contributed by atoms with E-state index in [2.05, 4.69) is 4.98 Å². The number of aromatic nitrogens is 2. The van der Waals surface area contributed by atoms with E-state index in [4.69, 9.17) is 10.5 Å². The summed E-state index contributed by atoms with van der Waals surface area (Å²) in [6.45, 7) is 0.397. The largest absolute Gasteiger partial charge is 0.388 e. The van der Waals surface area contributed by atoms with Crippen LogP contribution in [0.1, 0.15) is 12.6 Å². The van der Waals surface area contributed by atoms with Gasteiger partial charge in [0.2, 0.25) is 0 Å². The molecule has 2 atom stereocenters. The van der Waals surface area contributed by atoms with E-state index in [1.165, 1.54) is 16.8 Å². The number of hydrogen-bond acceptors (Lipinski definition) is 4. The second-order valence-electron chi connectivity index (χ2n) is 3.35. The standard InChI is InChI=1S/C9H12N3O3.Y/c10-5-6-1-2-8(15-6)12-4-3-7(13)11-9(12)14;/h1,3-4,6,8H,2,5,10H2,(H,11,13,14);/q-1;. The predicted octanol–water partition coefficient (Wildman–Crippen LogP) is -1.02. The molecule has 2 rings (SSSR count). The third-order valence-electron chi connectivity index (χ3n) is 2.33. The van der Waals surface area contributed by atoms with Gasteiger partial charge in [-0.2, -0.15) is 0 Å². The molecule has 0 aliphatic carbocycles. The van der Waals surface area contributed by atoms with E-state index in [1.54, 1.807) is 0 Å². The molecule has 1 saturated heterocycles. The van der Waals surface area contributed by atoms with Gasteiger partial charge in [-0.25, -0.2) is 4.79 Å². The summed E-state index contributed by atoms with van der Waals surface area (Å²) in [5, 5.41) is 0.